The number of phenols is 2. The Kier molecular flexibility index (Phi) is 10.9. The van der Waals surface area contributed by atoms with Crippen molar-refractivity contribution < 1.29 is 24.1 Å². The van der Waals surface area contributed by atoms with Gasteiger partial charge in [0.1, 0.15) is 23.9 Å². The van der Waals surface area contributed by atoms with Crippen LogP contribution in [0.1, 0.15) is 19.3 Å². The van der Waals surface area contributed by atoms with Crippen LogP contribution in [0.3, 0.4) is 0 Å². The van der Waals surface area contributed by atoms with Crippen LogP contribution in [0.25, 0.3) is 0 Å². The van der Waals surface area contributed by atoms with Crippen LogP contribution in [0, 0.1) is 5.82 Å². The minimum atomic E-state index is -0.572. The van der Waals surface area contributed by atoms with Crippen molar-refractivity contribution in [2.24, 2.45) is 0 Å². The number of likely N-dealkylation sites (tertiary alicyclic amines) is 1. The van der Waals surface area contributed by atoms with Crippen LogP contribution in [-0.2, 0) is 0 Å². The minimum absolute atomic E-state index is 0.313. The van der Waals surface area contributed by atoms with Crippen LogP contribution in [0.4, 0.5) is 4.39 Å². The molecule has 2 heterocycles. The van der Waals surface area contributed by atoms with Crippen molar-refractivity contribution in [3.8, 4) is 23.0 Å². The summed E-state index contributed by atoms with van der Waals surface area (Å²) in [6.07, 6.45) is 4.10. The number of rotatable bonds is 4. The maximum absolute atomic E-state index is 13.1. The smallest absolute Gasteiger partial charge is 0.182 e. The standard InChI is InChI=1S/C13H19NO.C8H7FO2S.C6H6O/c1-3-7-13(8-4-1)15-12-11-14-9-5-2-6-10-14;9-7-5(10)1-2-6-8(7)12-4-3-11-6;7-6-4-2-1-3-5-6/h1,3-4,7-8H,2,5-6,9-12H2;1-2,10H,3-4H2;1-5,7H. The van der Waals surface area contributed by atoms with Gasteiger partial charge < -0.3 is 19.7 Å². The molecule has 0 aromatic heterocycles. The summed E-state index contributed by atoms with van der Waals surface area (Å²) >= 11 is 1.37. The number of hydrogen-bond donors (Lipinski definition) is 2. The first-order valence-electron chi connectivity index (χ1n) is 11.5. The number of hydrogen-bond acceptors (Lipinski definition) is 6. The average molecular weight is 486 g/mol. The summed E-state index contributed by atoms with van der Waals surface area (Å²) in [5, 5.41) is 17.7. The fraction of sp³-hybridized carbons (Fsp3) is 0.333. The highest BCUT2D eigenvalue weighted by Crippen LogP contribution is 2.38. The Hall–Kier alpha value is -2.90. The zero-order chi connectivity index (χ0) is 24.0. The average Bonchev–Trinajstić information content (AvgIpc) is 2.89. The van der Waals surface area contributed by atoms with E-state index in [-0.39, 0.29) is 5.75 Å². The largest absolute Gasteiger partial charge is 0.508 e. The van der Waals surface area contributed by atoms with E-state index >= 15 is 0 Å². The van der Waals surface area contributed by atoms with Crippen LogP contribution in [0.2, 0.25) is 0 Å². The van der Waals surface area contributed by atoms with Crippen LogP contribution in [0.15, 0.2) is 77.7 Å². The number of phenolic OH excluding ortho intramolecular Hbond substituents is 2. The molecule has 0 amide bonds. The number of piperidine rings is 1. The molecule has 0 bridgehead atoms. The normalized spacial score (nSPS) is 14.9. The molecule has 0 unspecified atom stereocenters. The molecule has 7 heteroatoms. The third-order valence-electron chi connectivity index (χ3n) is 5.25. The summed E-state index contributed by atoms with van der Waals surface area (Å²) < 4.78 is 24.0. The van der Waals surface area contributed by atoms with Crippen molar-refractivity contribution in [3.63, 3.8) is 0 Å². The SMILES string of the molecule is Oc1ccc2c(c1F)SCCO2.Oc1ccccc1.c1ccc(OCCN2CCCCC2)cc1. The number of fused-ring (bicyclic) bond motifs is 1. The number of aromatic hydroxyl groups is 2. The molecule has 1 saturated heterocycles. The van der Waals surface area contributed by atoms with Gasteiger partial charge >= 0.3 is 0 Å². The third-order valence-corrected chi connectivity index (χ3v) is 6.29. The molecular formula is C27H32FNO4S. The second-order valence-corrected chi connectivity index (χ2v) is 8.93. The Morgan fingerprint density at radius 1 is 0.882 bits per heavy atom. The molecular weight excluding hydrogens is 453 g/mol. The quantitative estimate of drug-likeness (QED) is 0.476. The van der Waals surface area contributed by atoms with Crippen LogP contribution < -0.4 is 9.47 Å². The molecule has 2 aliphatic heterocycles. The highest BCUT2D eigenvalue weighted by molar-refractivity contribution is 7.99. The minimum Gasteiger partial charge on any atom is -0.508 e. The Bertz CT molecular complexity index is 969. The zero-order valence-corrected chi connectivity index (χ0v) is 20.1. The first kappa shape index (κ1) is 25.7. The number of nitrogens with zero attached hydrogens (tertiary/aromatic N) is 1. The lowest BCUT2D eigenvalue weighted by molar-refractivity contribution is 0.183. The molecule has 0 saturated carbocycles. The Morgan fingerprint density at radius 2 is 1.56 bits per heavy atom. The van der Waals surface area contributed by atoms with Gasteiger partial charge in [0, 0.05) is 12.3 Å². The number of para-hydroxylation sites is 2. The van der Waals surface area contributed by atoms with E-state index in [9.17, 15) is 4.39 Å². The van der Waals surface area contributed by atoms with E-state index in [0.29, 0.717) is 23.0 Å². The molecule has 2 aliphatic rings. The molecule has 0 aliphatic carbocycles. The van der Waals surface area contributed by atoms with Crippen LogP contribution in [0.5, 0.6) is 23.0 Å². The number of ether oxygens (including phenoxy) is 2. The van der Waals surface area contributed by atoms with Gasteiger partial charge in [0.25, 0.3) is 0 Å². The highest BCUT2D eigenvalue weighted by atomic mass is 32.2. The first-order valence-corrected chi connectivity index (χ1v) is 12.5. The van der Waals surface area contributed by atoms with E-state index in [1.807, 2.05) is 36.4 Å². The highest BCUT2D eigenvalue weighted by Gasteiger charge is 2.17. The topological polar surface area (TPSA) is 62.2 Å². The van der Waals surface area contributed by atoms with Crippen molar-refractivity contribution in [1.82, 2.24) is 4.90 Å². The molecule has 182 valence electrons. The predicted molar refractivity (Wildman–Crippen MR) is 135 cm³/mol. The second-order valence-electron chi connectivity index (χ2n) is 7.82. The summed E-state index contributed by atoms with van der Waals surface area (Å²) in [5.41, 5.74) is 0. The lowest BCUT2D eigenvalue weighted by atomic mass is 10.1. The molecule has 5 rings (SSSR count). The van der Waals surface area contributed by atoms with Gasteiger partial charge in [0.2, 0.25) is 0 Å². The van der Waals surface area contributed by atoms with E-state index in [1.54, 1.807) is 30.3 Å². The number of thioether (sulfide) groups is 1. The molecule has 0 radical (unpaired) electrons. The summed E-state index contributed by atoms with van der Waals surface area (Å²) in [6, 6.07) is 21.7. The van der Waals surface area contributed by atoms with Gasteiger partial charge in [-0.3, -0.25) is 4.90 Å². The van der Waals surface area contributed by atoms with E-state index in [4.69, 9.17) is 19.7 Å². The monoisotopic (exact) mass is 485 g/mol. The van der Waals surface area contributed by atoms with Gasteiger partial charge in [-0.1, -0.05) is 42.8 Å². The molecule has 3 aromatic carbocycles. The summed E-state index contributed by atoms with van der Waals surface area (Å²) in [4.78, 5) is 2.91. The summed E-state index contributed by atoms with van der Waals surface area (Å²) in [6.45, 7) is 4.97. The molecule has 1 fully saturated rings. The van der Waals surface area contributed by atoms with Gasteiger partial charge in [0.15, 0.2) is 11.6 Å². The van der Waals surface area contributed by atoms with Gasteiger partial charge in [-0.05, 0) is 62.3 Å². The van der Waals surface area contributed by atoms with Gasteiger partial charge in [0.05, 0.1) is 11.5 Å². The predicted octanol–water partition coefficient (Wildman–Crippen LogP) is 5.96. The van der Waals surface area contributed by atoms with Crippen LogP contribution >= 0.6 is 11.8 Å². The van der Waals surface area contributed by atoms with E-state index in [0.717, 1.165) is 24.7 Å². The Balaban J connectivity index is 0.000000152. The second kappa shape index (κ2) is 14.4. The Labute approximate surface area is 205 Å². The van der Waals surface area contributed by atoms with Crippen molar-refractivity contribution in [2.45, 2.75) is 24.2 Å². The molecule has 34 heavy (non-hydrogen) atoms. The molecule has 0 spiro atoms. The lowest BCUT2D eigenvalue weighted by Crippen LogP contribution is -2.33. The van der Waals surface area contributed by atoms with Crippen molar-refractivity contribution in [1.29, 1.82) is 0 Å². The van der Waals surface area contributed by atoms with Gasteiger partial charge in [-0.15, -0.1) is 11.8 Å². The van der Waals surface area contributed by atoms with E-state index in [1.165, 1.54) is 50.2 Å². The van der Waals surface area contributed by atoms with Gasteiger partial charge in [-0.2, -0.15) is 0 Å². The molecule has 0 atom stereocenters. The zero-order valence-electron chi connectivity index (χ0n) is 19.2. The fourth-order valence-electron chi connectivity index (χ4n) is 3.49. The summed E-state index contributed by atoms with van der Waals surface area (Å²) in [5.74, 6) is 1.68. The third kappa shape index (κ3) is 8.80. The lowest BCUT2D eigenvalue weighted by Gasteiger charge is -2.26. The van der Waals surface area contributed by atoms with E-state index < -0.39 is 5.82 Å². The fourth-order valence-corrected chi connectivity index (χ4v) is 4.36. The van der Waals surface area contributed by atoms with Crippen molar-refractivity contribution in [2.75, 3.05) is 38.6 Å². The molecule has 3 aromatic rings. The summed E-state index contributed by atoms with van der Waals surface area (Å²) in [7, 11) is 0. The maximum Gasteiger partial charge on any atom is 0.182 e. The van der Waals surface area contributed by atoms with Gasteiger partial charge in [-0.25, -0.2) is 4.39 Å². The molecule has 5 nitrogen and oxygen atoms in total. The van der Waals surface area contributed by atoms with Crippen molar-refractivity contribution in [3.05, 3.63) is 78.6 Å². The van der Waals surface area contributed by atoms with E-state index in [2.05, 4.69) is 4.90 Å². The Morgan fingerprint density at radius 3 is 2.21 bits per heavy atom. The number of halogens is 1. The number of benzene rings is 3. The first-order chi connectivity index (χ1) is 16.6. The molecule has 2 N–H and O–H groups in total. The maximum atomic E-state index is 13.1. The van der Waals surface area contributed by atoms with Crippen LogP contribution in [-0.4, -0.2) is 53.7 Å². The van der Waals surface area contributed by atoms with Crippen molar-refractivity contribution >= 4 is 11.8 Å².